The molecule has 0 spiro atoms. The van der Waals surface area contributed by atoms with E-state index < -0.39 is 0 Å². The van der Waals surface area contributed by atoms with Crippen LogP contribution in [-0.4, -0.2) is 22.1 Å². The van der Waals surface area contributed by atoms with Crippen LogP contribution in [0.25, 0.3) is 0 Å². The van der Waals surface area contributed by atoms with Crippen LogP contribution in [0, 0.1) is 11.3 Å². The molecule has 1 aromatic rings. The molecule has 21 heavy (non-hydrogen) atoms. The molecule has 1 nitrogen and oxygen atoms in total. The lowest BCUT2D eigenvalue weighted by molar-refractivity contribution is -0.0654. The third-order valence-electron chi connectivity index (χ3n) is 6.65. The Balaban J connectivity index is 1.75. The van der Waals surface area contributed by atoms with E-state index in [1.807, 2.05) is 0 Å². The molecule has 2 bridgehead atoms. The van der Waals surface area contributed by atoms with Gasteiger partial charge in [0, 0.05) is 22.8 Å². The van der Waals surface area contributed by atoms with E-state index in [9.17, 15) is 0 Å². The van der Waals surface area contributed by atoms with Crippen LogP contribution in [-0.2, 0) is 4.74 Å². The SMILES string of the molecule is [SiH3]C1(C(c2ccccc2)C23CCC(CC2)C3)CCCCO1. The molecule has 114 valence electrons. The molecule has 3 fully saturated rings. The highest BCUT2D eigenvalue weighted by Gasteiger charge is 2.56. The van der Waals surface area contributed by atoms with Crippen molar-refractivity contribution in [1.82, 2.24) is 0 Å². The van der Waals surface area contributed by atoms with Gasteiger partial charge < -0.3 is 4.74 Å². The molecule has 2 heteroatoms. The van der Waals surface area contributed by atoms with Gasteiger partial charge in [-0.2, -0.15) is 0 Å². The molecule has 4 rings (SSSR count). The number of hydrogen-bond donors (Lipinski definition) is 0. The molecule has 1 aromatic carbocycles. The summed E-state index contributed by atoms with van der Waals surface area (Å²) >= 11 is 0. The van der Waals surface area contributed by atoms with E-state index in [-0.39, 0.29) is 5.22 Å². The predicted molar refractivity (Wildman–Crippen MR) is 90.7 cm³/mol. The van der Waals surface area contributed by atoms with Gasteiger partial charge in [-0.1, -0.05) is 30.3 Å². The van der Waals surface area contributed by atoms with Gasteiger partial charge >= 0.3 is 0 Å². The Morgan fingerprint density at radius 2 is 1.81 bits per heavy atom. The minimum absolute atomic E-state index is 0.193. The number of hydrogen-bond acceptors (Lipinski definition) is 1. The Bertz CT molecular complexity index is 484. The van der Waals surface area contributed by atoms with Gasteiger partial charge in [0.2, 0.25) is 0 Å². The molecule has 0 aromatic heterocycles. The first-order chi connectivity index (χ1) is 10.2. The van der Waals surface area contributed by atoms with Crippen molar-refractivity contribution in [2.45, 2.75) is 62.5 Å². The molecule has 1 saturated heterocycles. The predicted octanol–water partition coefficient (Wildman–Crippen LogP) is 3.61. The average molecular weight is 301 g/mol. The normalized spacial score (nSPS) is 40.5. The van der Waals surface area contributed by atoms with E-state index in [1.165, 1.54) is 61.6 Å². The molecule has 1 heterocycles. The van der Waals surface area contributed by atoms with Crippen molar-refractivity contribution in [3.63, 3.8) is 0 Å². The molecule has 0 N–H and O–H groups in total. The monoisotopic (exact) mass is 300 g/mol. The lowest BCUT2D eigenvalue weighted by atomic mass is 9.66. The maximum atomic E-state index is 6.50. The zero-order chi connectivity index (χ0) is 14.3. The van der Waals surface area contributed by atoms with E-state index in [0.717, 1.165) is 12.5 Å². The average Bonchev–Trinajstić information content (AvgIpc) is 3.10. The molecule has 2 atom stereocenters. The third kappa shape index (κ3) is 2.31. The summed E-state index contributed by atoms with van der Waals surface area (Å²) < 4.78 is 6.50. The first kappa shape index (κ1) is 14.0. The van der Waals surface area contributed by atoms with E-state index in [0.29, 0.717) is 11.3 Å². The fourth-order valence-electron chi connectivity index (χ4n) is 5.82. The van der Waals surface area contributed by atoms with Crippen molar-refractivity contribution in [2.24, 2.45) is 11.3 Å². The summed E-state index contributed by atoms with van der Waals surface area (Å²) in [6.07, 6.45) is 11.2. The van der Waals surface area contributed by atoms with Crippen molar-refractivity contribution in [1.29, 1.82) is 0 Å². The molecule has 3 aliphatic rings. The van der Waals surface area contributed by atoms with E-state index >= 15 is 0 Å². The highest BCUT2D eigenvalue weighted by atomic mass is 28.1. The van der Waals surface area contributed by atoms with Crippen LogP contribution in [0.4, 0.5) is 0 Å². The summed E-state index contributed by atoms with van der Waals surface area (Å²) in [5.41, 5.74) is 2.13. The molecule has 2 aliphatic carbocycles. The minimum Gasteiger partial charge on any atom is -0.379 e. The maximum absolute atomic E-state index is 6.50. The largest absolute Gasteiger partial charge is 0.379 e. The standard InChI is InChI=1S/C19H28OSi/c21-19(10-4-5-13-20-19)17(16-6-2-1-3-7-16)18-11-8-15(14-18)9-12-18/h1-3,6-7,15,17H,4-5,8-14H2,21H3. The van der Waals surface area contributed by atoms with Crippen LogP contribution in [0.2, 0.25) is 0 Å². The fourth-order valence-corrected chi connectivity index (χ4v) is 7.33. The smallest absolute Gasteiger partial charge is 0.0557 e. The molecule has 2 saturated carbocycles. The summed E-state index contributed by atoms with van der Waals surface area (Å²) in [4.78, 5) is 0. The first-order valence-corrected chi connectivity index (χ1v) is 9.91. The van der Waals surface area contributed by atoms with E-state index in [2.05, 4.69) is 30.3 Å². The summed E-state index contributed by atoms with van der Waals surface area (Å²) in [6.45, 7) is 0.992. The highest BCUT2D eigenvalue weighted by Crippen LogP contribution is 2.64. The van der Waals surface area contributed by atoms with Crippen molar-refractivity contribution in [2.75, 3.05) is 6.61 Å². The molecular weight excluding hydrogens is 272 g/mol. The number of fused-ring (bicyclic) bond motifs is 2. The van der Waals surface area contributed by atoms with Crippen LogP contribution in [0.3, 0.4) is 0 Å². The second-order valence-electron chi connectivity index (χ2n) is 7.97. The quantitative estimate of drug-likeness (QED) is 0.775. The Labute approximate surface area is 131 Å². The van der Waals surface area contributed by atoms with Crippen molar-refractivity contribution < 1.29 is 4.74 Å². The van der Waals surface area contributed by atoms with Crippen LogP contribution < -0.4 is 0 Å². The van der Waals surface area contributed by atoms with Crippen molar-refractivity contribution in [3.05, 3.63) is 35.9 Å². The summed E-state index contributed by atoms with van der Waals surface area (Å²) in [5.74, 6) is 1.68. The molecular formula is C19H28OSi. The van der Waals surface area contributed by atoms with Crippen LogP contribution >= 0.6 is 0 Å². The summed E-state index contributed by atoms with van der Waals surface area (Å²) in [6, 6.07) is 11.4. The van der Waals surface area contributed by atoms with Crippen LogP contribution in [0.5, 0.6) is 0 Å². The summed E-state index contributed by atoms with van der Waals surface area (Å²) in [5, 5.41) is 0.193. The van der Waals surface area contributed by atoms with Gasteiger partial charge in [0.05, 0.1) is 5.22 Å². The Morgan fingerprint density at radius 1 is 1.05 bits per heavy atom. The van der Waals surface area contributed by atoms with Gasteiger partial charge in [0.25, 0.3) is 0 Å². The summed E-state index contributed by atoms with van der Waals surface area (Å²) in [7, 11) is 1.17. The van der Waals surface area contributed by atoms with Crippen LogP contribution in [0.15, 0.2) is 30.3 Å². The molecule has 1 aliphatic heterocycles. The van der Waals surface area contributed by atoms with E-state index in [1.54, 1.807) is 5.56 Å². The zero-order valence-electron chi connectivity index (χ0n) is 13.3. The third-order valence-corrected chi connectivity index (χ3v) is 8.02. The van der Waals surface area contributed by atoms with E-state index in [4.69, 9.17) is 4.74 Å². The van der Waals surface area contributed by atoms with Gasteiger partial charge in [-0.15, -0.1) is 0 Å². The number of rotatable bonds is 3. The fraction of sp³-hybridized carbons (Fsp3) is 0.684. The molecule has 2 unspecified atom stereocenters. The van der Waals surface area contributed by atoms with Gasteiger partial charge in [0.1, 0.15) is 0 Å². The van der Waals surface area contributed by atoms with Gasteiger partial charge in [-0.05, 0) is 68.3 Å². The second-order valence-corrected chi connectivity index (χ2v) is 9.66. The highest BCUT2D eigenvalue weighted by molar-refractivity contribution is 6.15. The van der Waals surface area contributed by atoms with Gasteiger partial charge in [-0.3, -0.25) is 0 Å². The lowest BCUT2D eigenvalue weighted by Crippen LogP contribution is -2.49. The van der Waals surface area contributed by atoms with Crippen LogP contribution in [0.1, 0.15) is 62.8 Å². The number of ether oxygens (including phenoxy) is 1. The van der Waals surface area contributed by atoms with Crippen molar-refractivity contribution in [3.8, 4) is 0 Å². The molecule has 0 amide bonds. The Kier molecular flexibility index (Phi) is 3.50. The topological polar surface area (TPSA) is 9.23 Å². The molecule has 0 radical (unpaired) electrons. The maximum Gasteiger partial charge on any atom is 0.0557 e. The Morgan fingerprint density at radius 3 is 2.38 bits per heavy atom. The Hall–Kier alpha value is -0.603. The zero-order valence-corrected chi connectivity index (χ0v) is 15.3. The number of benzene rings is 1. The lowest BCUT2D eigenvalue weighted by Gasteiger charge is -2.49. The van der Waals surface area contributed by atoms with Gasteiger partial charge in [-0.25, -0.2) is 0 Å². The first-order valence-electron chi connectivity index (χ1n) is 8.91. The second kappa shape index (κ2) is 5.24. The van der Waals surface area contributed by atoms with Gasteiger partial charge in [0.15, 0.2) is 0 Å². The minimum atomic E-state index is 0.193. The van der Waals surface area contributed by atoms with Crippen molar-refractivity contribution >= 4 is 10.2 Å².